The molecule has 0 spiro atoms. The molecule has 4 heterocycles. The first-order valence-corrected chi connectivity index (χ1v) is 9.28. The maximum Gasteiger partial charge on any atom is 0.236 e. The Balaban J connectivity index is 1.64. The van der Waals surface area contributed by atoms with E-state index in [2.05, 4.69) is 25.5 Å². The summed E-state index contributed by atoms with van der Waals surface area (Å²) in [5.74, 6) is -0.107. The Hall–Kier alpha value is -2.99. The molecule has 1 fully saturated rings. The van der Waals surface area contributed by atoms with Crippen LogP contribution in [0.2, 0.25) is 0 Å². The van der Waals surface area contributed by atoms with Crippen LogP contribution in [-0.2, 0) is 4.79 Å². The summed E-state index contributed by atoms with van der Waals surface area (Å²) in [7, 11) is 0. The number of hydrogen-bond donors (Lipinski definition) is 2. The van der Waals surface area contributed by atoms with Crippen molar-refractivity contribution in [2.45, 2.75) is 25.3 Å². The fourth-order valence-corrected chi connectivity index (χ4v) is 3.89. The van der Waals surface area contributed by atoms with Crippen LogP contribution in [0.4, 0.5) is 5.69 Å². The number of anilines is 1. The molecule has 0 radical (unpaired) electrons. The molecule has 1 unspecified atom stereocenters. The van der Waals surface area contributed by atoms with E-state index in [4.69, 9.17) is 5.26 Å². The fourth-order valence-electron chi connectivity index (χ4n) is 3.32. The van der Waals surface area contributed by atoms with E-state index in [1.807, 2.05) is 18.3 Å². The number of nitriles is 1. The zero-order chi connectivity index (χ0) is 17.9. The Morgan fingerprint density at radius 3 is 3.27 bits per heavy atom. The zero-order valence-corrected chi connectivity index (χ0v) is 14.8. The van der Waals surface area contributed by atoms with Crippen LogP contribution < -0.4 is 5.32 Å². The first-order valence-electron chi connectivity index (χ1n) is 8.40. The van der Waals surface area contributed by atoms with Crippen molar-refractivity contribution < 1.29 is 4.79 Å². The molecule has 26 heavy (non-hydrogen) atoms. The number of piperidine rings is 1. The highest BCUT2D eigenvalue weighted by atomic mass is 32.1. The second kappa shape index (κ2) is 7.09. The molecule has 0 aromatic carbocycles. The van der Waals surface area contributed by atoms with Gasteiger partial charge < -0.3 is 15.2 Å². The third-order valence-electron chi connectivity index (χ3n) is 4.53. The maximum atomic E-state index is 12.1. The van der Waals surface area contributed by atoms with Gasteiger partial charge in [0, 0.05) is 36.9 Å². The summed E-state index contributed by atoms with van der Waals surface area (Å²) in [5, 5.41) is 22.3. The quantitative estimate of drug-likeness (QED) is 0.732. The number of aromatic nitrogens is 4. The molecule has 3 aromatic rings. The Morgan fingerprint density at radius 2 is 2.46 bits per heavy atom. The standard InChI is InChI=1S/C17H17N7OS/c18-5-3-14(25)24-7-1-2-11(9-24)22-15-12-4-6-19-16(12)20-8-13(15)17-23-21-10-26-17/h4,6,8,10-11H,1-3,7,9H2,(H2,19,20,22). The van der Waals surface area contributed by atoms with Crippen molar-refractivity contribution in [2.24, 2.45) is 0 Å². The molecule has 2 N–H and O–H groups in total. The van der Waals surface area contributed by atoms with Gasteiger partial charge in [0.05, 0.1) is 17.3 Å². The predicted octanol–water partition coefficient (Wildman–Crippen LogP) is 2.40. The van der Waals surface area contributed by atoms with Crippen molar-refractivity contribution in [2.75, 3.05) is 18.4 Å². The number of carbonyl (C=O) groups excluding carboxylic acids is 1. The summed E-state index contributed by atoms with van der Waals surface area (Å²) >= 11 is 1.46. The molecule has 1 atom stereocenters. The van der Waals surface area contributed by atoms with E-state index in [1.54, 1.807) is 16.6 Å². The molecule has 9 heteroatoms. The minimum absolute atomic E-state index is 0.0694. The molecule has 1 amide bonds. The Bertz CT molecular complexity index is 959. The van der Waals surface area contributed by atoms with Crippen LogP contribution in [0.5, 0.6) is 0 Å². The van der Waals surface area contributed by atoms with E-state index < -0.39 is 0 Å². The maximum absolute atomic E-state index is 12.1. The number of pyridine rings is 1. The second-order valence-corrected chi connectivity index (χ2v) is 7.02. The fraction of sp³-hybridized carbons (Fsp3) is 0.353. The van der Waals surface area contributed by atoms with E-state index in [0.29, 0.717) is 13.1 Å². The summed E-state index contributed by atoms with van der Waals surface area (Å²) < 4.78 is 0. The number of fused-ring (bicyclic) bond motifs is 1. The van der Waals surface area contributed by atoms with Crippen molar-refractivity contribution in [3.8, 4) is 16.6 Å². The molecule has 1 aliphatic heterocycles. The first kappa shape index (κ1) is 16.5. The largest absolute Gasteiger partial charge is 0.379 e. The van der Waals surface area contributed by atoms with E-state index >= 15 is 0 Å². The Labute approximate surface area is 153 Å². The summed E-state index contributed by atoms with van der Waals surface area (Å²) in [4.78, 5) is 21.4. The monoisotopic (exact) mass is 367 g/mol. The molecule has 132 valence electrons. The number of aromatic amines is 1. The lowest BCUT2D eigenvalue weighted by molar-refractivity contribution is -0.131. The average Bonchev–Trinajstić information content (AvgIpc) is 3.34. The van der Waals surface area contributed by atoms with Gasteiger partial charge >= 0.3 is 0 Å². The van der Waals surface area contributed by atoms with Crippen LogP contribution in [0.25, 0.3) is 21.6 Å². The third-order valence-corrected chi connectivity index (χ3v) is 5.25. The SMILES string of the molecule is N#CCC(=O)N1CCCC(Nc2c(-c3nncs3)cnc3[nH]ccc23)C1. The summed E-state index contributed by atoms with van der Waals surface area (Å²) in [5.41, 5.74) is 4.35. The number of hydrogen-bond acceptors (Lipinski definition) is 7. The lowest BCUT2D eigenvalue weighted by Crippen LogP contribution is -2.45. The number of amides is 1. The minimum atomic E-state index is -0.107. The van der Waals surface area contributed by atoms with E-state index in [9.17, 15) is 4.79 Å². The van der Waals surface area contributed by atoms with Crippen molar-refractivity contribution >= 4 is 34.0 Å². The average molecular weight is 367 g/mol. The molecule has 1 aliphatic rings. The number of carbonyl (C=O) groups is 1. The molecule has 0 aliphatic carbocycles. The molecule has 1 saturated heterocycles. The number of H-pyrrole nitrogens is 1. The van der Waals surface area contributed by atoms with E-state index in [1.165, 1.54) is 11.3 Å². The van der Waals surface area contributed by atoms with E-state index in [0.717, 1.165) is 40.1 Å². The van der Waals surface area contributed by atoms with Gasteiger partial charge in [-0.05, 0) is 18.9 Å². The minimum Gasteiger partial charge on any atom is -0.379 e. The second-order valence-electron chi connectivity index (χ2n) is 6.19. The third kappa shape index (κ3) is 3.11. The van der Waals surface area contributed by atoms with Gasteiger partial charge in [0.1, 0.15) is 17.6 Å². The van der Waals surface area contributed by atoms with Crippen LogP contribution in [-0.4, -0.2) is 50.1 Å². The lowest BCUT2D eigenvalue weighted by atomic mass is 10.0. The summed E-state index contributed by atoms with van der Waals surface area (Å²) in [6.07, 6.45) is 5.45. The summed E-state index contributed by atoms with van der Waals surface area (Å²) in [6.45, 7) is 1.29. The zero-order valence-electron chi connectivity index (χ0n) is 14.0. The highest BCUT2D eigenvalue weighted by molar-refractivity contribution is 7.12. The molecule has 4 rings (SSSR count). The smallest absolute Gasteiger partial charge is 0.236 e. The Kier molecular flexibility index (Phi) is 4.50. The van der Waals surface area contributed by atoms with Crippen molar-refractivity contribution in [3.63, 3.8) is 0 Å². The van der Waals surface area contributed by atoms with Crippen LogP contribution >= 0.6 is 11.3 Å². The lowest BCUT2D eigenvalue weighted by Gasteiger charge is -2.33. The topological polar surface area (TPSA) is 111 Å². The van der Waals surface area contributed by atoms with Gasteiger partial charge in [0.15, 0.2) is 5.01 Å². The van der Waals surface area contributed by atoms with E-state index in [-0.39, 0.29) is 18.4 Å². The number of nitrogens with zero attached hydrogens (tertiary/aromatic N) is 5. The molecule has 0 saturated carbocycles. The summed E-state index contributed by atoms with van der Waals surface area (Å²) in [6, 6.07) is 4.03. The van der Waals surface area contributed by atoms with Gasteiger partial charge in [-0.15, -0.1) is 10.2 Å². The van der Waals surface area contributed by atoms with Crippen molar-refractivity contribution in [1.82, 2.24) is 25.1 Å². The van der Waals surface area contributed by atoms with Gasteiger partial charge in [-0.3, -0.25) is 4.79 Å². The van der Waals surface area contributed by atoms with Gasteiger partial charge in [0.25, 0.3) is 0 Å². The highest BCUT2D eigenvalue weighted by Crippen LogP contribution is 2.35. The van der Waals surface area contributed by atoms with Crippen LogP contribution in [0.3, 0.4) is 0 Å². The number of nitrogens with one attached hydrogen (secondary N) is 2. The molecular formula is C17H17N7OS. The molecule has 8 nitrogen and oxygen atoms in total. The van der Waals surface area contributed by atoms with Gasteiger partial charge in [-0.25, -0.2) is 4.98 Å². The van der Waals surface area contributed by atoms with Crippen LogP contribution in [0, 0.1) is 11.3 Å². The van der Waals surface area contributed by atoms with Crippen molar-refractivity contribution in [1.29, 1.82) is 5.26 Å². The van der Waals surface area contributed by atoms with Gasteiger partial charge in [0.2, 0.25) is 5.91 Å². The van der Waals surface area contributed by atoms with Gasteiger partial charge in [-0.1, -0.05) is 11.3 Å². The molecular weight excluding hydrogens is 350 g/mol. The van der Waals surface area contributed by atoms with Gasteiger partial charge in [-0.2, -0.15) is 5.26 Å². The highest BCUT2D eigenvalue weighted by Gasteiger charge is 2.25. The molecule has 3 aromatic heterocycles. The van der Waals surface area contributed by atoms with Crippen molar-refractivity contribution in [3.05, 3.63) is 24.0 Å². The molecule has 0 bridgehead atoms. The number of likely N-dealkylation sites (tertiary alicyclic amines) is 1. The van der Waals surface area contributed by atoms with Crippen LogP contribution in [0.1, 0.15) is 19.3 Å². The first-order chi connectivity index (χ1) is 12.8. The van der Waals surface area contributed by atoms with Crippen LogP contribution in [0.15, 0.2) is 24.0 Å². The Morgan fingerprint density at radius 1 is 1.54 bits per heavy atom. The number of rotatable bonds is 4. The predicted molar refractivity (Wildman–Crippen MR) is 98.5 cm³/mol. The normalized spacial score (nSPS) is 17.2.